The van der Waals surface area contributed by atoms with Gasteiger partial charge in [-0.25, -0.2) is 13.6 Å². The number of hydrogen-bond donors (Lipinski definition) is 1. The summed E-state index contributed by atoms with van der Waals surface area (Å²) in [5.74, 6) is -1.51. The predicted molar refractivity (Wildman–Crippen MR) is 90.5 cm³/mol. The highest BCUT2D eigenvalue weighted by Crippen LogP contribution is 2.31. The van der Waals surface area contributed by atoms with Crippen molar-refractivity contribution in [2.45, 2.75) is 18.9 Å². The molecule has 1 aliphatic rings. The number of hydrogen-bond acceptors (Lipinski definition) is 3. The lowest BCUT2D eigenvalue weighted by molar-refractivity contribution is -0.131. The van der Waals surface area contributed by atoms with Gasteiger partial charge in [-0.15, -0.1) is 0 Å². The molecule has 0 bridgehead atoms. The third-order valence-corrected chi connectivity index (χ3v) is 4.28. The molecule has 1 saturated heterocycles. The number of nitrogens with one attached hydrogen (secondary N) is 1. The van der Waals surface area contributed by atoms with Gasteiger partial charge in [-0.05, 0) is 31.5 Å². The Morgan fingerprint density at radius 2 is 1.85 bits per heavy atom. The maximum Gasteiger partial charge on any atom is 0.325 e. The summed E-state index contributed by atoms with van der Waals surface area (Å²) in [7, 11) is 0. The lowest BCUT2D eigenvalue weighted by Crippen LogP contribution is -2.41. The molecular formula is C19H18F2N2O3. The van der Waals surface area contributed by atoms with Crippen LogP contribution in [0.1, 0.15) is 18.9 Å². The third-order valence-electron chi connectivity index (χ3n) is 4.28. The quantitative estimate of drug-likeness (QED) is 0.636. The summed E-state index contributed by atoms with van der Waals surface area (Å²) in [5.41, 5.74) is -1.63. The Kier molecular flexibility index (Phi) is 4.88. The van der Waals surface area contributed by atoms with Crippen molar-refractivity contribution < 1.29 is 23.1 Å². The zero-order valence-electron chi connectivity index (χ0n) is 14.2. The molecule has 1 atom stereocenters. The highest BCUT2D eigenvalue weighted by Gasteiger charge is 2.49. The van der Waals surface area contributed by atoms with E-state index in [0.29, 0.717) is 24.8 Å². The largest absolute Gasteiger partial charge is 0.494 e. The first-order chi connectivity index (χ1) is 12.4. The molecule has 1 N–H and O–H groups in total. The van der Waals surface area contributed by atoms with Crippen molar-refractivity contribution in [1.29, 1.82) is 0 Å². The van der Waals surface area contributed by atoms with Gasteiger partial charge in [-0.2, -0.15) is 0 Å². The molecule has 3 amide bonds. The van der Waals surface area contributed by atoms with Gasteiger partial charge in [0.15, 0.2) is 0 Å². The molecular weight excluding hydrogens is 342 g/mol. The summed E-state index contributed by atoms with van der Waals surface area (Å²) < 4.78 is 32.7. The highest BCUT2D eigenvalue weighted by molar-refractivity contribution is 6.07. The second-order valence-electron chi connectivity index (χ2n) is 6.15. The fraction of sp³-hybridized carbons (Fsp3) is 0.263. The van der Waals surface area contributed by atoms with Gasteiger partial charge in [0.2, 0.25) is 0 Å². The molecule has 0 aromatic heterocycles. The van der Waals surface area contributed by atoms with Crippen molar-refractivity contribution in [3.8, 4) is 5.75 Å². The fourth-order valence-electron chi connectivity index (χ4n) is 2.91. The zero-order valence-corrected chi connectivity index (χ0v) is 14.2. The van der Waals surface area contributed by atoms with Crippen LogP contribution in [0.5, 0.6) is 5.75 Å². The maximum atomic E-state index is 14.1. The van der Waals surface area contributed by atoms with Crippen LogP contribution in [0.3, 0.4) is 0 Å². The third kappa shape index (κ3) is 3.37. The molecule has 0 saturated carbocycles. The number of ether oxygens (including phenoxy) is 1. The van der Waals surface area contributed by atoms with Crippen LogP contribution < -0.4 is 10.1 Å². The molecule has 0 spiro atoms. The van der Waals surface area contributed by atoms with Crippen molar-refractivity contribution in [2.75, 3.05) is 13.2 Å². The Morgan fingerprint density at radius 3 is 2.54 bits per heavy atom. The molecule has 1 fully saturated rings. The van der Waals surface area contributed by atoms with Crippen molar-refractivity contribution in [3.63, 3.8) is 0 Å². The lowest BCUT2D eigenvalue weighted by atomic mass is 9.91. The minimum absolute atomic E-state index is 0.0692. The molecule has 2 aromatic rings. The van der Waals surface area contributed by atoms with Crippen LogP contribution in [-0.2, 0) is 10.3 Å². The number of nitrogens with zero attached hydrogens (tertiary/aromatic N) is 1. The second-order valence-corrected chi connectivity index (χ2v) is 6.15. The predicted octanol–water partition coefficient (Wildman–Crippen LogP) is 3.20. The SMILES string of the molecule is CC1(c2ccc(F)cc2F)NC(=O)N(CCCOc2ccccc2)C1=O. The van der Waals surface area contributed by atoms with Crippen LogP contribution in [0.15, 0.2) is 48.5 Å². The Balaban J connectivity index is 1.65. The number of carbonyl (C=O) groups excluding carboxylic acids is 2. The number of halogens is 2. The molecule has 7 heteroatoms. The molecule has 3 rings (SSSR count). The van der Waals surface area contributed by atoms with Crippen molar-refractivity contribution in [2.24, 2.45) is 0 Å². The van der Waals surface area contributed by atoms with Crippen LogP contribution in [0, 0.1) is 11.6 Å². The Bertz CT molecular complexity index is 829. The first kappa shape index (κ1) is 17.8. The highest BCUT2D eigenvalue weighted by atomic mass is 19.1. The van der Waals surface area contributed by atoms with Crippen LogP contribution in [0.25, 0.3) is 0 Å². The van der Waals surface area contributed by atoms with E-state index < -0.39 is 29.1 Å². The normalized spacial score (nSPS) is 19.6. The van der Waals surface area contributed by atoms with E-state index in [9.17, 15) is 18.4 Å². The summed E-state index contributed by atoms with van der Waals surface area (Å²) in [4.78, 5) is 25.9. The van der Waals surface area contributed by atoms with E-state index in [2.05, 4.69) is 5.32 Å². The van der Waals surface area contributed by atoms with E-state index in [-0.39, 0.29) is 12.1 Å². The number of amides is 3. The zero-order chi connectivity index (χ0) is 18.7. The van der Waals surface area contributed by atoms with Crippen LogP contribution in [-0.4, -0.2) is 30.0 Å². The van der Waals surface area contributed by atoms with Gasteiger partial charge < -0.3 is 10.1 Å². The number of para-hydroxylation sites is 1. The molecule has 1 aliphatic heterocycles. The van der Waals surface area contributed by atoms with Gasteiger partial charge >= 0.3 is 6.03 Å². The van der Waals surface area contributed by atoms with E-state index in [4.69, 9.17) is 4.74 Å². The molecule has 136 valence electrons. The number of urea groups is 1. The average molecular weight is 360 g/mol. The lowest BCUT2D eigenvalue weighted by Gasteiger charge is -2.22. The summed E-state index contributed by atoms with van der Waals surface area (Å²) in [5, 5.41) is 2.50. The fourth-order valence-corrected chi connectivity index (χ4v) is 2.91. The van der Waals surface area contributed by atoms with Gasteiger partial charge in [0.05, 0.1) is 6.61 Å². The number of imide groups is 1. The minimum atomic E-state index is -1.56. The van der Waals surface area contributed by atoms with E-state index >= 15 is 0 Å². The van der Waals surface area contributed by atoms with Gasteiger partial charge in [0, 0.05) is 18.2 Å². The number of carbonyl (C=O) groups is 2. The van der Waals surface area contributed by atoms with Gasteiger partial charge in [-0.1, -0.05) is 24.3 Å². The second kappa shape index (κ2) is 7.11. The number of benzene rings is 2. The molecule has 0 radical (unpaired) electrons. The van der Waals surface area contributed by atoms with E-state index in [1.165, 1.54) is 13.0 Å². The van der Waals surface area contributed by atoms with Crippen molar-refractivity contribution in [1.82, 2.24) is 10.2 Å². The molecule has 2 aromatic carbocycles. The van der Waals surface area contributed by atoms with Crippen molar-refractivity contribution in [3.05, 3.63) is 65.7 Å². The minimum Gasteiger partial charge on any atom is -0.494 e. The first-order valence-electron chi connectivity index (χ1n) is 8.19. The monoisotopic (exact) mass is 360 g/mol. The Labute approximate surface area is 149 Å². The van der Waals surface area contributed by atoms with Gasteiger partial charge in [0.1, 0.15) is 22.9 Å². The number of rotatable bonds is 6. The summed E-state index contributed by atoms with van der Waals surface area (Å²) >= 11 is 0. The maximum absolute atomic E-state index is 14.1. The topological polar surface area (TPSA) is 58.6 Å². The van der Waals surface area contributed by atoms with Gasteiger partial charge in [0.25, 0.3) is 5.91 Å². The average Bonchev–Trinajstić information content (AvgIpc) is 2.82. The Morgan fingerprint density at radius 1 is 1.12 bits per heavy atom. The molecule has 26 heavy (non-hydrogen) atoms. The summed E-state index contributed by atoms with van der Waals surface area (Å²) in [6.07, 6.45) is 0.427. The summed E-state index contributed by atoms with van der Waals surface area (Å²) in [6.45, 7) is 1.86. The summed E-state index contributed by atoms with van der Waals surface area (Å²) in [6, 6.07) is 11.5. The van der Waals surface area contributed by atoms with E-state index in [0.717, 1.165) is 11.0 Å². The van der Waals surface area contributed by atoms with Gasteiger partial charge in [-0.3, -0.25) is 9.69 Å². The van der Waals surface area contributed by atoms with Crippen LogP contribution in [0.2, 0.25) is 0 Å². The van der Waals surface area contributed by atoms with E-state index in [1.807, 2.05) is 30.3 Å². The standard InChI is InChI=1S/C19H18F2N2O3/c1-19(15-9-8-13(20)12-16(15)21)17(24)23(18(25)22-19)10-5-11-26-14-6-3-2-4-7-14/h2-4,6-9,12H,5,10-11H2,1H3,(H,22,25). The van der Waals surface area contributed by atoms with Crippen molar-refractivity contribution >= 4 is 11.9 Å². The smallest absolute Gasteiger partial charge is 0.325 e. The molecule has 1 unspecified atom stereocenters. The molecule has 5 nitrogen and oxygen atoms in total. The molecule has 1 heterocycles. The van der Waals surface area contributed by atoms with Crippen LogP contribution >= 0.6 is 0 Å². The molecule has 0 aliphatic carbocycles. The Hall–Kier alpha value is -2.96. The first-order valence-corrected chi connectivity index (χ1v) is 8.19. The van der Waals surface area contributed by atoms with Crippen LogP contribution in [0.4, 0.5) is 13.6 Å². The van der Waals surface area contributed by atoms with E-state index in [1.54, 1.807) is 0 Å².